The van der Waals surface area contributed by atoms with Crippen molar-refractivity contribution in [1.82, 2.24) is 5.43 Å². The van der Waals surface area contributed by atoms with Crippen LogP contribution in [0.2, 0.25) is 5.02 Å². The molecule has 0 radical (unpaired) electrons. The lowest BCUT2D eigenvalue weighted by Crippen LogP contribution is -2.31. The number of halogens is 2. The molecule has 0 bridgehead atoms. The molecule has 0 spiro atoms. The first kappa shape index (κ1) is 12.9. The van der Waals surface area contributed by atoms with Gasteiger partial charge >= 0.3 is 0 Å². The molecule has 1 aromatic rings. The van der Waals surface area contributed by atoms with E-state index in [1.54, 1.807) is 0 Å². The summed E-state index contributed by atoms with van der Waals surface area (Å²) in [6, 6.07) is 5.57. The molecule has 0 fully saturated rings. The van der Waals surface area contributed by atoms with Crippen molar-refractivity contribution in [1.29, 1.82) is 0 Å². The van der Waals surface area contributed by atoms with Crippen molar-refractivity contribution >= 4 is 27.5 Å². The fourth-order valence-corrected chi connectivity index (χ4v) is 2.21. The molecule has 0 amide bonds. The highest BCUT2D eigenvalue weighted by molar-refractivity contribution is 9.10. The normalized spacial score (nSPS) is 12.8. The van der Waals surface area contributed by atoms with Crippen LogP contribution in [0.3, 0.4) is 0 Å². The molecular weight excluding hydrogens is 279 g/mol. The Morgan fingerprint density at radius 2 is 2.33 bits per heavy atom. The Balaban J connectivity index is 2.81. The number of benzene rings is 1. The number of nitrogens with two attached hydrogens (primary N) is 1. The number of hydrazine groups is 1. The van der Waals surface area contributed by atoms with Crippen LogP contribution in [0.1, 0.15) is 18.5 Å². The predicted molar refractivity (Wildman–Crippen MR) is 65.7 cm³/mol. The van der Waals surface area contributed by atoms with Crippen LogP contribution in [0, 0.1) is 0 Å². The van der Waals surface area contributed by atoms with Gasteiger partial charge in [-0.3, -0.25) is 11.3 Å². The molecule has 1 rings (SSSR count). The number of hydrogen-bond donors (Lipinski definition) is 2. The third-order valence-corrected chi connectivity index (χ3v) is 2.95. The summed E-state index contributed by atoms with van der Waals surface area (Å²) >= 11 is 9.30. The van der Waals surface area contributed by atoms with Crippen LogP contribution in [-0.4, -0.2) is 13.2 Å². The molecule has 3 nitrogen and oxygen atoms in total. The molecule has 1 aromatic carbocycles. The van der Waals surface area contributed by atoms with E-state index in [9.17, 15) is 0 Å². The fraction of sp³-hybridized carbons (Fsp3) is 0.400. The highest BCUT2D eigenvalue weighted by Crippen LogP contribution is 2.26. The van der Waals surface area contributed by atoms with Gasteiger partial charge in [0.15, 0.2) is 0 Å². The first-order valence-electron chi connectivity index (χ1n) is 4.67. The lowest BCUT2D eigenvalue weighted by atomic mass is 10.1. The van der Waals surface area contributed by atoms with Gasteiger partial charge in [0.2, 0.25) is 0 Å². The summed E-state index contributed by atoms with van der Waals surface area (Å²) in [4.78, 5) is 0. The van der Waals surface area contributed by atoms with E-state index < -0.39 is 0 Å². The number of ether oxygens (including phenoxy) is 1. The van der Waals surface area contributed by atoms with E-state index in [-0.39, 0.29) is 6.04 Å². The molecule has 0 saturated carbocycles. The van der Waals surface area contributed by atoms with Crippen molar-refractivity contribution in [2.75, 3.05) is 13.2 Å². The molecule has 3 N–H and O–H groups in total. The molecule has 0 aromatic heterocycles. The second-order valence-corrected chi connectivity index (χ2v) is 4.34. The van der Waals surface area contributed by atoms with Crippen LogP contribution >= 0.6 is 27.5 Å². The Morgan fingerprint density at radius 1 is 1.60 bits per heavy atom. The predicted octanol–water partition coefficient (Wildman–Crippen LogP) is 2.64. The second-order valence-electron chi connectivity index (χ2n) is 3.04. The van der Waals surface area contributed by atoms with Gasteiger partial charge in [-0.05, 0) is 24.6 Å². The molecule has 15 heavy (non-hydrogen) atoms. The molecule has 0 heterocycles. The molecule has 0 aliphatic heterocycles. The summed E-state index contributed by atoms with van der Waals surface area (Å²) in [5.74, 6) is 5.47. The van der Waals surface area contributed by atoms with E-state index in [1.165, 1.54) is 0 Å². The van der Waals surface area contributed by atoms with E-state index in [2.05, 4.69) is 21.4 Å². The van der Waals surface area contributed by atoms with Crippen LogP contribution < -0.4 is 11.3 Å². The summed E-state index contributed by atoms with van der Waals surface area (Å²) in [5, 5.41) is 0.692. The highest BCUT2D eigenvalue weighted by atomic mass is 79.9. The van der Waals surface area contributed by atoms with Gasteiger partial charge in [-0.15, -0.1) is 0 Å². The quantitative estimate of drug-likeness (QED) is 0.648. The van der Waals surface area contributed by atoms with Crippen molar-refractivity contribution in [2.24, 2.45) is 5.84 Å². The lowest BCUT2D eigenvalue weighted by Gasteiger charge is -2.17. The Kier molecular flexibility index (Phi) is 5.56. The van der Waals surface area contributed by atoms with Gasteiger partial charge < -0.3 is 4.74 Å². The summed E-state index contributed by atoms with van der Waals surface area (Å²) in [6.07, 6.45) is 0. The maximum absolute atomic E-state index is 5.86. The van der Waals surface area contributed by atoms with Crippen LogP contribution in [-0.2, 0) is 4.74 Å². The minimum absolute atomic E-state index is 0.0309. The fourth-order valence-electron chi connectivity index (χ4n) is 1.25. The van der Waals surface area contributed by atoms with E-state index in [0.717, 1.165) is 10.0 Å². The van der Waals surface area contributed by atoms with Crippen LogP contribution in [0.15, 0.2) is 22.7 Å². The topological polar surface area (TPSA) is 47.3 Å². The first-order chi connectivity index (χ1) is 7.19. The zero-order chi connectivity index (χ0) is 11.3. The van der Waals surface area contributed by atoms with E-state index in [0.29, 0.717) is 18.2 Å². The second kappa shape index (κ2) is 6.45. The van der Waals surface area contributed by atoms with Gasteiger partial charge in [0.05, 0.1) is 12.6 Å². The maximum Gasteiger partial charge on any atom is 0.0704 e. The summed E-state index contributed by atoms with van der Waals surface area (Å²) in [5.41, 5.74) is 3.75. The average molecular weight is 294 g/mol. The van der Waals surface area contributed by atoms with Gasteiger partial charge in [-0.25, -0.2) is 0 Å². The zero-order valence-electron chi connectivity index (χ0n) is 8.47. The van der Waals surface area contributed by atoms with Gasteiger partial charge in [0.25, 0.3) is 0 Å². The zero-order valence-corrected chi connectivity index (χ0v) is 10.8. The number of rotatable bonds is 5. The first-order valence-corrected chi connectivity index (χ1v) is 5.85. The summed E-state index contributed by atoms with van der Waals surface area (Å²) in [7, 11) is 0. The van der Waals surface area contributed by atoms with Crippen molar-refractivity contribution in [3.05, 3.63) is 33.3 Å². The van der Waals surface area contributed by atoms with Crippen LogP contribution in [0.5, 0.6) is 0 Å². The molecule has 5 heteroatoms. The monoisotopic (exact) mass is 292 g/mol. The summed E-state index contributed by atoms with van der Waals surface area (Å²) in [6.45, 7) is 3.15. The number of hydrogen-bond acceptors (Lipinski definition) is 3. The molecular formula is C10H14BrClN2O. The largest absolute Gasteiger partial charge is 0.380 e. The lowest BCUT2D eigenvalue weighted by molar-refractivity contribution is 0.123. The Hall–Kier alpha value is -0.130. The molecule has 1 unspecified atom stereocenters. The van der Waals surface area contributed by atoms with Crippen LogP contribution in [0.25, 0.3) is 0 Å². The Morgan fingerprint density at radius 3 is 2.87 bits per heavy atom. The molecule has 84 valence electrons. The average Bonchev–Trinajstić information content (AvgIpc) is 2.21. The van der Waals surface area contributed by atoms with E-state index in [4.69, 9.17) is 22.2 Å². The van der Waals surface area contributed by atoms with E-state index >= 15 is 0 Å². The van der Waals surface area contributed by atoms with Gasteiger partial charge in [-0.2, -0.15) is 0 Å². The van der Waals surface area contributed by atoms with Gasteiger partial charge in [0, 0.05) is 16.1 Å². The van der Waals surface area contributed by atoms with Crippen molar-refractivity contribution in [2.45, 2.75) is 13.0 Å². The smallest absolute Gasteiger partial charge is 0.0704 e. The van der Waals surface area contributed by atoms with Crippen molar-refractivity contribution in [3.8, 4) is 0 Å². The SMILES string of the molecule is CCOCC(NN)c1ccc(Cl)cc1Br. The Labute approximate surface area is 103 Å². The van der Waals surface area contributed by atoms with Gasteiger partial charge in [0.1, 0.15) is 0 Å². The third-order valence-electron chi connectivity index (χ3n) is 2.03. The third kappa shape index (κ3) is 3.74. The van der Waals surface area contributed by atoms with E-state index in [1.807, 2.05) is 25.1 Å². The minimum atomic E-state index is -0.0309. The molecule has 0 aliphatic carbocycles. The minimum Gasteiger partial charge on any atom is -0.380 e. The standard InChI is InChI=1S/C10H14BrClN2O/c1-2-15-6-10(14-13)8-4-3-7(12)5-9(8)11/h3-5,10,14H,2,6,13H2,1H3. The van der Waals surface area contributed by atoms with Crippen molar-refractivity contribution < 1.29 is 4.74 Å². The summed E-state index contributed by atoms with van der Waals surface area (Å²) < 4.78 is 6.26. The number of nitrogens with one attached hydrogen (secondary N) is 1. The van der Waals surface area contributed by atoms with Crippen molar-refractivity contribution in [3.63, 3.8) is 0 Å². The molecule has 0 aliphatic rings. The van der Waals surface area contributed by atoms with Gasteiger partial charge in [-0.1, -0.05) is 33.6 Å². The maximum atomic E-state index is 5.86. The Bertz CT molecular complexity index is 322. The highest BCUT2D eigenvalue weighted by Gasteiger charge is 2.12. The molecule has 0 saturated heterocycles. The van der Waals surface area contributed by atoms with Crippen LogP contribution in [0.4, 0.5) is 0 Å². The molecule has 1 atom stereocenters.